The zero-order valence-corrected chi connectivity index (χ0v) is 23.6. The van der Waals surface area contributed by atoms with Gasteiger partial charge in [-0.25, -0.2) is 9.78 Å². The number of carbonyl (C=O) groups is 3. The summed E-state index contributed by atoms with van der Waals surface area (Å²) in [5.74, 6) is -1.78. The van der Waals surface area contributed by atoms with Crippen molar-refractivity contribution >= 4 is 29.5 Å². The zero-order valence-electron chi connectivity index (χ0n) is 23.6. The highest BCUT2D eigenvalue weighted by molar-refractivity contribution is 5.96. The molecule has 2 aliphatic heterocycles. The van der Waals surface area contributed by atoms with Crippen LogP contribution in [0.1, 0.15) is 57.5 Å². The van der Waals surface area contributed by atoms with Crippen LogP contribution in [0.2, 0.25) is 0 Å². The average Bonchev–Trinajstić information content (AvgIpc) is 3.45. The van der Waals surface area contributed by atoms with Gasteiger partial charge in [0.1, 0.15) is 5.82 Å². The number of Topliss-reactive ketones (excluding diaryl/α,β-unsaturated/α-hetero) is 1. The molecule has 1 aromatic carbocycles. The summed E-state index contributed by atoms with van der Waals surface area (Å²) in [5, 5.41) is 9.02. The Balaban J connectivity index is 1.17. The van der Waals surface area contributed by atoms with Crippen LogP contribution in [0.3, 0.4) is 0 Å². The quantitative estimate of drug-likeness (QED) is 0.377. The van der Waals surface area contributed by atoms with Crippen LogP contribution < -0.4 is 9.80 Å². The van der Waals surface area contributed by atoms with Gasteiger partial charge < -0.3 is 24.2 Å². The number of nitrogens with zero attached hydrogens (tertiary/aromatic N) is 5. The van der Waals surface area contributed by atoms with Crippen molar-refractivity contribution in [1.82, 2.24) is 14.9 Å². The van der Waals surface area contributed by atoms with E-state index < -0.39 is 29.4 Å². The van der Waals surface area contributed by atoms with Crippen molar-refractivity contribution in [2.75, 3.05) is 49.1 Å². The maximum atomic E-state index is 13.7. The number of hydrogen-bond acceptors (Lipinski definition) is 8. The number of carboxylic acid groups (broad SMARTS) is 1. The number of pyridine rings is 1. The predicted octanol–water partition coefficient (Wildman–Crippen LogP) is 4.34. The minimum Gasteiger partial charge on any atom is -0.478 e. The van der Waals surface area contributed by atoms with Crippen molar-refractivity contribution < 1.29 is 37.1 Å². The molecule has 228 valence electrons. The van der Waals surface area contributed by atoms with Gasteiger partial charge in [0.05, 0.1) is 12.0 Å². The van der Waals surface area contributed by atoms with E-state index in [9.17, 15) is 27.6 Å². The van der Waals surface area contributed by atoms with Crippen LogP contribution in [-0.2, 0) is 23.8 Å². The third kappa shape index (κ3) is 7.15. The number of ketones is 1. The smallest absolute Gasteiger partial charge is 0.437 e. The number of halogens is 3. The number of amides is 1. The van der Waals surface area contributed by atoms with Gasteiger partial charge in [0.2, 0.25) is 17.5 Å². The van der Waals surface area contributed by atoms with E-state index in [4.69, 9.17) is 9.52 Å². The molecule has 1 amide bonds. The second kappa shape index (κ2) is 12.4. The number of piperazine rings is 1. The molecule has 10 nitrogen and oxygen atoms in total. The first-order valence-electron chi connectivity index (χ1n) is 14.1. The lowest BCUT2D eigenvalue weighted by atomic mass is 10.0. The molecule has 1 unspecified atom stereocenters. The van der Waals surface area contributed by atoms with Crippen LogP contribution in [0.15, 0.2) is 47.0 Å². The van der Waals surface area contributed by atoms with Gasteiger partial charge in [-0.2, -0.15) is 18.2 Å². The van der Waals surface area contributed by atoms with Crippen LogP contribution in [0.5, 0.6) is 0 Å². The van der Waals surface area contributed by atoms with Gasteiger partial charge in [-0.1, -0.05) is 25.1 Å². The lowest BCUT2D eigenvalue weighted by Gasteiger charge is -2.35. The van der Waals surface area contributed by atoms with E-state index in [-0.39, 0.29) is 36.2 Å². The second-order valence-electron chi connectivity index (χ2n) is 11.0. The fourth-order valence-electron chi connectivity index (χ4n) is 5.40. The molecule has 4 heterocycles. The minimum atomic E-state index is -4.83. The fraction of sp³-hybridized carbons (Fsp3) is 0.433. The molecule has 13 heteroatoms. The number of alkyl halides is 3. The molecule has 0 aliphatic carbocycles. The van der Waals surface area contributed by atoms with Crippen molar-refractivity contribution in [2.45, 2.75) is 38.8 Å². The summed E-state index contributed by atoms with van der Waals surface area (Å²) in [6.07, 6.45) is -1.74. The summed E-state index contributed by atoms with van der Waals surface area (Å²) in [7, 11) is 0. The fourth-order valence-corrected chi connectivity index (χ4v) is 5.40. The largest absolute Gasteiger partial charge is 0.478 e. The summed E-state index contributed by atoms with van der Waals surface area (Å²) < 4.78 is 46.6. The van der Waals surface area contributed by atoms with Crippen LogP contribution >= 0.6 is 0 Å². The molecule has 1 atom stereocenters. The Hall–Kier alpha value is -4.42. The van der Waals surface area contributed by atoms with E-state index in [1.54, 1.807) is 34.1 Å². The number of aromatic carboxylic acids is 1. The Kier molecular flexibility index (Phi) is 8.69. The van der Waals surface area contributed by atoms with Crippen molar-refractivity contribution in [3.05, 3.63) is 70.7 Å². The Labute approximate surface area is 246 Å². The van der Waals surface area contributed by atoms with Crippen LogP contribution in [0.25, 0.3) is 0 Å². The summed E-state index contributed by atoms with van der Waals surface area (Å²) >= 11 is 0. The summed E-state index contributed by atoms with van der Waals surface area (Å²) in [6, 6.07) is 9.39. The minimum absolute atomic E-state index is 0.0619. The maximum Gasteiger partial charge on any atom is 0.437 e. The van der Waals surface area contributed by atoms with E-state index in [1.165, 1.54) is 18.3 Å². The van der Waals surface area contributed by atoms with Gasteiger partial charge in [0.25, 0.3) is 6.01 Å². The molecular formula is C30H32F3N5O5. The predicted molar refractivity (Wildman–Crippen MR) is 150 cm³/mol. The number of carbonyl (C=O) groups excluding carboxylic acids is 2. The normalized spacial score (nSPS) is 17.7. The molecule has 0 bridgehead atoms. The number of piperidine rings is 1. The zero-order chi connectivity index (χ0) is 30.7. The highest BCUT2D eigenvalue weighted by atomic mass is 19.4. The maximum absolute atomic E-state index is 13.7. The van der Waals surface area contributed by atoms with Crippen LogP contribution in [0, 0.1) is 5.92 Å². The Bertz CT molecular complexity index is 1460. The molecule has 0 spiro atoms. The molecular weight excluding hydrogens is 567 g/mol. The topological polar surface area (TPSA) is 120 Å². The van der Waals surface area contributed by atoms with Gasteiger partial charge in [-0.3, -0.25) is 9.59 Å². The SMILES string of the molecule is CC1CCCN(c2nc(C(F)(F)F)c(C(=O)Cc3ccc(N4CCN(C(=O)Cc5ccc(C(=O)O)cc5)CC4)nc3)o2)C1. The van der Waals surface area contributed by atoms with Gasteiger partial charge in [0.15, 0.2) is 5.69 Å². The van der Waals surface area contributed by atoms with E-state index in [0.717, 1.165) is 18.4 Å². The van der Waals surface area contributed by atoms with Gasteiger partial charge >= 0.3 is 12.1 Å². The number of carboxylic acids is 1. The van der Waals surface area contributed by atoms with E-state index in [0.29, 0.717) is 50.6 Å². The monoisotopic (exact) mass is 599 g/mol. The summed E-state index contributed by atoms with van der Waals surface area (Å²) in [4.78, 5) is 50.2. The molecule has 2 aromatic heterocycles. The van der Waals surface area contributed by atoms with Crippen LogP contribution in [0.4, 0.5) is 25.0 Å². The Morgan fingerprint density at radius 3 is 2.26 bits per heavy atom. The first kappa shape index (κ1) is 30.1. The van der Waals surface area contributed by atoms with Crippen LogP contribution in [-0.4, -0.2) is 76.9 Å². The van der Waals surface area contributed by atoms with E-state index in [1.807, 2.05) is 11.8 Å². The Morgan fingerprint density at radius 2 is 1.65 bits per heavy atom. The number of oxazole rings is 1. The second-order valence-corrected chi connectivity index (χ2v) is 11.0. The standard InChI is InChI=1S/C30H32F3N5O5/c1-19-3-2-10-38(18-19)29-35-27(30(31,32)33)26(43-29)23(39)15-21-6-9-24(34-17-21)36-11-13-37(14-12-36)25(40)16-20-4-7-22(8-5-20)28(41)42/h4-9,17,19H,2-3,10-16,18H2,1H3,(H,41,42). The van der Waals surface area contributed by atoms with Gasteiger partial charge in [-0.05, 0) is 48.1 Å². The third-order valence-corrected chi connectivity index (χ3v) is 7.75. The highest BCUT2D eigenvalue weighted by Crippen LogP contribution is 2.35. The molecule has 2 aliphatic rings. The first-order chi connectivity index (χ1) is 20.5. The molecule has 3 aromatic rings. The van der Waals surface area contributed by atoms with Gasteiger partial charge in [0, 0.05) is 51.9 Å². The summed E-state index contributed by atoms with van der Waals surface area (Å²) in [5.41, 5.74) is 0.0248. The van der Waals surface area contributed by atoms with Crippen molar-refractivity contribution in [3.8, 4) is 0 Å². The van der Waals surface area contributed by atoms with Crippen molar-refractivity contribution in [2.24, 2.45) is 5.92 Å². The number of hydrogen-bond donors (Lipinski definition) is 1. The summed E-state index contributed by atoms with van der Waals surface area (Å²) in [6.45, 7) is 5.04. The van der Waals surface area contributed by atoms with E-state index >= 15 is 0 Å². The molecule has 0 saturated carbocycles. The molecule has 2 saturated heterocycles. The lowest BCUT2D eigenvalue weighted by Crippen LogP contribution is -2.49. The van der Waals surface area contributed by atoms with E-state index in [2.05, 4.69) is 9.97 Å². The first-order valence-corrected chi connectivity index (χ1v) is 14.1. The third-order valence-electron chi connectivity index (χ3n) is 7.75. The molecule has 5 rings (SSSR count). The number of benzene rings is 1. The highest BCUT2D eigenvalue weighted by Gasteiger charge is 2.42. The molecule has 1 N–H and O–H groups in total. The van der Waals surface area contributed by atoms with Crippen molar-refractivity contribution in [1.29, 1.82) is 0 Å². The number of rotatable bonds is 8. The number of anilines is 2. The average molecular weight is 600 g/mol. The van der Waals surface area contributed by atoms with Gasteiger partial charge in [-0.15, -0.1) is 0 Å². The molecule has 43 heavy (non-hydrogen) atoms. The van der Waals surface area contributed by atoms with Crippen molar-refractivity contribution in [3.63, 3.8) is 0 Å². The molecule has 2 fully saturated rings. The lowest BCUT2D eigenvalue weighted by molar-refractivity contribution is -0.141. The molecule has 0 radical (unpaired) electrons. The number of aromatic nitrogens is 2. The Morgan fingerprint density at radius 1 is 0.953 bits per heavy atom.